The minimum atomic E-state index is 0.344. The van der Waals surface area contributed by atoms with Crippen LogP contribution in [0.5, 0.6) is 0 Å². The van der Waals surface area contributed by atoms with Crippen molar-refractivity contribution in [1.29, 1.82) is 0 Å². The smallest absolute Gasteiger partial charge is 0.140 e. The highest BCUT2D eigenvalue weighted by molar-refractivity contribution is 9.10. The van der Waals surface area contributed by atoms with Crippen molar-refractivity contribution in [3.05, 3.63) is 16.2 Å². The molecule has 0 aromatic carbocycles. The Labute approximate surface area is 111 Å². The van der Waals surface area contributed by atoms with Gasteiger partial charge in [-0.3, -0.25) is 0 Å². The molecular formula is C13H20BrN3. The predicted molar refractivity (Wildman–Crippen MR) is 76.1 cm³/mol. The molecule has 1 aromatic rings. The fourth-order valence-corrected chi connectivity index (χ4v) is 2.90. The van der Waals surface area contributed by atoms with Crippen molar-refractivity contribution in [2.24, 2.45) is 5.41 Å². The lowest BCUT2D eigenvalue weighted by Crippen LogP contribution is -2.31. The summed E-state index contributed by atoms with van der Waals surface area (Å²) in [7, 11) is 0. The van der Waals surface area contributed by atoms with Crippen LogP contribution in [0.4, 0.5) is 11.5 Å². The number of nitrogens with zero attached hydrogens (tertiary/aromatic N) is 1. The molecule has 1 heterocycles. The monoisotopic (exact) mass is 297 g/mol. The van der Waals surface area contributed by atoms with Crippen molar-refractivity contribution in [1.82, 2.24) is 4.98 Å². The van der Waals surface area contributed by atoms with Gasteiger partial charge in [-0.1, -0.05) is 20.3 Å². The standard InChI is InChI=1S/C13H20BrN3/c1-8-9(15)7-16-12(11(8)14)17-10-5-4-6-13(10,2)3/h7,10H,4-6,15H2,1-3H3,(H,16,17). The van der Waals surface area contributed by atoms with Crippen molar-refractivity contribution in [3.8, 4) is 0 Å². The minimum absolute atomic E-state index is 0.344. The molecule has 0 amide bonds. The summed E-state index contributed by atoms with van der Waals surface area (Å²) in [4.78, 5) is 4.38. The Morgan fingerprint density at radius 1 is 1.53 bits per heavy atom. The number of anilines is 2. The lowest BCUT2D eigenvalue weighted by atomic mass is 9.87. The summed E-state index contributed by atoms with van der Waals surface area (Å²) in [6.07, 6.45) is 5.50. The van der Waals surface area contributed by atoms with Crippen molar-refractivity contribution in [2.75, 3.05) is 11.1 Å². The second-order valence-corrected chi connectivity index (χ2v) is 6.37. The molecular weight excluding hydrogens is 278 g/mol. The second-order valence-electron chi connectivity index (χ2n) is 5.58. The van der Waals surface area contributed by atoms with Crippen LogP contribution in [0.25, 0.3) is 0 Å². The summed E-state index contributed by atoms with van der Waals surface area (Å²) in [5.74, 6) is 0.914. The van der Waals surface area contributed by atoms with Gasteiger partial charge in [0, 0.05) is 6.04 Å². The van der Waals surface area contributed by atoms with Crippen molar-refractivity contribution < 1.29 is 0 Å². The molecule has 1 atom stereocenters. The molecule has 0 spiro atoms. The number of nitrogens with one attached hydrogen (secondary N) is 1. The van der Waals surface area contributed by atoms with Crippen LogP contribution in [0.15, 0.2) is 10.7 Å². The lowest BCUT2D eigenvalue weighted by Gasteiger charge is -2.28. The summed E-state index contributed by atoms with van der Waals surface area (Å²) in [6, 6.07) is 0.495. The molecule has 2 rings (SSSR count). The first-order chi connectivity index (χ1) is 7.92. The molecule has 3 nitrogen and oxygen atoms in total. The molecule has 0 bridgehead atoms. The number of rotatable bonds is 2. The first kappa shape index (κ1) is 12.7. The van der Waals surface area contributed by atoms with Gasteiger partial charge in [-0.05, 0) is 46.7 Å². The Hall–Kier alpha value is -0.770. The van der Waals surface area contributed by atoms with Crippen LogP contribution < -0.4 is 11.1 Å². The van der Waals surface area contributed by atoms with Crippen LogP contribution in [-0.2, 0) is 0 Å². The number of hydrogen-bond donors (Lipinski definition) is 2. The molecule has 0 aliphatic heterocycles. The molecule has 4 heteroatoms. The van der Waals surface area contributed by atoms with Crippen molar-refractivity contribution in [3.63, 3.8) is 0 Å². The number of halogens is 1. The number of hydrogen-bond acceptors (Lipinski definition) is 3. The maximum Gasteiger partial charge on any atom is 0.140 e. The van der Waals surface area contributed by atoms with E-state index in [-0.39, 0.29) is 0 Å². The quantitative estimate of drug-likeness (QED) is 0.874. The van der Waals surface area contributed by atoms with E-state index in [9.17, 15) is 0 Å². The van der Waals surface area contributed by atoms with E-state index in [1.807, 2.05) is 6.92 Å². The van der Waals surface area contributed by atoms with E-state index >= 15 is 0 Å². The van der Waals surface area contributed by atoms with Gasteiger partial charge in [-0.25, -0.2) is 4.98 Å². The maximum atomic E-state index is 5.83. The highest BCUT2D eigenvalue weighted by atomic mass is 79.9. The zero-order valence-corrected chi connectivity index (χ0v) is 12.3. The average Bonchev–Trinajstić information content (AvgIpc) is 2.59. The fourth-order valence-electron chi connectivity index (χ4n) is 2.45. The second kappa shape index (κ2) is 4.48. The summed E-state index contributed by atoms with van der Waals surface area (Å²) in [5.41, 5.74) is 7.96. The number of pyridine rings is 1. The van der Waals surface area contributed by atoms with E-state index in [4.69, 9.17) is 5.73 Å². The van der Waals surface area contributed by atoms with Crippen LogP contribution >= 0.6 is 15.9 Å². The van der Waals surface area contributed by atoms with Crippen LogP contribution in [-0.4, -0.2) is 11.0 Å². The zero-order valence-electron chi connectivity index (χ0n) is 10.7. The van der Waals surface area contributed by atoms with Gasteiger partial charge in [0.15, 0.2) is 0 Å². The van der Waals surface area contributed by atoms with Gasteiger partial charge >= 0.3 is 0 Å². The third kappa shape index (κ3) is 2.41. The molecule has 3 N–H and O–H groups in total. The summed E-state index contributed by atoms with van der Waals surface area (Å²) in [6.45, 7) is 6.64. The fraction of sp³-hybridized carbons (Fsp3) is 0.615. The Balaban J connectivity index is 2.22. The van der Waals surface area contributed by atoms with Gasteiger partial charge in [0.1, 0.15) is 5.82 Å². The SMILES string of the molecule is Cc1c(N)cnc(NC2CCCC2(C)C)c1Br. The van der Waals surface area contributed by atoms with Gasteiger partial charge in [0.25, 0.3) is 0 Å². The first-order valence-corrected chi connectivity index (χ1v) is 6.88. The third-order valence-corrected chi connectivity index (χ3v) is 4.84. The lowest BCUT2D eigenvalue weighted by molar-refractivity contribution is 0.349. The molecule has 1 aliphatic rings. The summed E-state index contributed by atoms with van der Waals surface area (Å²) >= 11 is 3.57. The Bertz CT molecular complexity index is 429. The van der Waals surface area contributed by atoms with E-state index in [2.05, 4.69) is 40.1 Å². The molecule has 1 saturated carbocycles. The van der Waals surface area contributed by atoms with Crippen LogP contribution in [0.2, 0.25) is 0 Å². The highest BCUT2D eigenvalue weighted by Gasteiger charge is 2.34. The zero-order chi connectivity index (χ0) is 12.6. The topological polar surface area (TPSA) is 50.9 Å². The average molecular weight is 298 g/mol. The Morgan fingerprint density at radius 3 is 2.82 bits per heavy atom. The van der Waals surface area contributed by atoms with Crippen molar-refractivity contribution in [2.45, 2.75) is 46.1 Å². The van der Waals surface area contributed by atoms with Gasteiger partial charge in [0.2, 0.25) is 0 Å². The number of nitrogen functional groups attached to an aromatic ring is 1. The van der Waals surface area contributed by atoms with E-state index < -0.39 is 0 Å². The molecule has 0 saturated heterocycles. The minimum Gasteiger partial charge on any atom is -0.397 e. The van der Waals surface area contributed by atoms with Gasteiger partial charge in [-0.15, -0.1) is 0 Å². The Morgan fingerprint density at radius 2 is 2.24 bits per heavy atom. The highest BCUT2D eigenvalue weighted by Crippen LogP contribution is 2.40. The Kier molecular flexibility index (Phi) is 3.34. The maximum absolute atomic E-state index is 5.83. The largest absolute Gasteiger partial charge is 0.397 e. The van der Waals surface area contributed by atoms with Gasteiger partial charge < -0.3 is 11.1 Å². The van der Waals surface area contributed by atoms with Crippen molar-refractivity contribution >= 4 is 27.4 Å². The summed E-state index contributed by atoms with van der Waals surface area (Å²) in [5, 5.41) is 3.55. The number of aromatic nitrogens is 1. The molecule has 1 aliphatic carbocycles. The molecule has 17 heavy (non-hydrogen) atoms. The van der Waals surface area contributed by atoms with Gasteiger partial charge in [0.05, 0.1) is 16.4 Å². The van der Waals surface area contributed by atoms with E-state index in [1.165, 1.54) is 19.3 Å². The van der Waals surface area contributed by atoms with Crippen LogP contribution in [0, 0.1) is 12.3 Å². The molecule has 1 unspecified atom stereocenters. The first-order valence-electron chi connectivity index (χ1n) is 6.09. The third-order valence-electron chi connectivity index (χ3n) is 3.87. The molecule has 94 valence electrons. The van der Waals surface area contributed by atoms with Crippen LogP contribution in [0.1, 0.15) is 38.7 Å². The molecule has 1 aromatic heterocycles. The van der Waals surface area contributed by atoms with E-state index in [0.29, 0.717) is 11.5 Å². The van der Waals surface area contributed by atoms with E-state index in [1.54, 1.807) is 6.20 Å². The molecule has 0 radical (unpaired) electrons. The normalized spacial score (nSPS) is 22.7. The number of nitrogens with two attached hydrogens (primary N) is 1. The van der Waals surface area contributed by atoms with E-state index in [0.717, 1.165) is 21.5 Å². The summed E-state index contributed by atoms with van der Waals surface area (Å²) < 4.78 is 0.986. The van der Waals surface area contributed by atoms with Crippen LogP contribution in [0.3, 0.4) is 0 Å². The predicted octanol–water partition coefficient (Wildman–Crippen LogP) is 3.73. The molecule has 1 fully saturated rings. The van der Waals surface area contributed by atoms with Gasteiger partial charge in [-0.2, -0.15) is 0 Å².